The molecule has 1 fully saturated rings. The highest BCUT2D eigenvalue weighted by Gasteiger charge is 2.22. The van der Waals surface area contributed by atoms with Gasteiger partial charge in [0.2, 0.25) is 5.91 Å². The zero-order chi connectivity index (χ0) is 19.1. The molecule has 0 bridgehead atoms. The van der Waals surface area contributed by atoms with E-state index in [1.54, 1.807) is 7.05 Å². The van der Waals surface area contributed by atoms with Gasteiger partial charge in [0, 0.05) is 25.2 Å². The third-order valence-electron chi connectivity index (χ3n) is 4.58. The average Bonchev–Trinajstić information content (AvgIpc) is 2.77. The topological polar surface area (TPSA) is 72.9 Å². The summed E-state index contributed by atoms with van der Waals surface area (Å²) in [4.78, 5) is 26.8. The van der Waals surface area contributed by atoms with E-state index in [0.717, 1.165) is 31.9 Å². The number of carboxylic acids is 1. The highest BCUT2D eigenvalue weighted by molar-refractivity contribution is 5.78. The highest BCUT2D eigenvalue weighted by Crippen LogP contribution is 2.15. The zero-order valence-electron chi connectivity index (χ0n) is 14.9. The minimum absolute atomic E-state index is 0.00927. The molecule has 1 amide bonds. The molecule has 0 aliphatic carbocycles. The molecule has 0 saturated carbocycles. The number of benzene rings is 1. The van der Waals surface area contributed by atoms with E-state index in [-0.39, 0.29) is 31.6 Å². The predicted molar refractivity (Wildman–Crippen MR) is 92.5 cm³/mol. The van der Waals surface area contributed by atoms with Crippen LogP contribution in [0.5, 0.6) is 0 Å². The Balaban J connectivity index is 1.77. The van der Waals surface area contributed by atoms with Crippen LogP contribution in [0.4, 0.5) is 8.78 Å². The number of nitrogens with one attached hydrogen (secondary N) is 1. The molecule has 1 heterocycles. The number of rotatable bonds is 7. The van der Waals surface area contributed by atoms with Gasteiger partial charge in [-0.15, -0.1) is 0 Å². The number of likely N-dealkylation sites (tertiary alicyclic amines) is 1. The largest absolute Gasteiger partial charge is 0.480 e. The van der Waals surface area contributed by atoms with Crippen LogP contribution in [-0.2, 0) is 16.1 Å². The molecule has 1 aromatic rings. The third-order valence-corrected chi connectivity index (χ3v) is 4.58. The summed E-state index contributed by atoms with van der Waals surface area (Å²) >= 11 is 0. The second-order valence-electron chi connectivity index (χ2n) is 6.72. The smallest absolute Gasteiger partial charge is 0.317 e. The van der Waals surface area contributed by atoms with Gasteiger partial charge >= 0.3 is 5.97 Å². The normalized spacial score (nSPS) is 18.5. The summed E-state index contributed by atoms with van der Waals surface area (Å²) in [7, 11) is 1.80. The minimum Gasteiger partial charge on any atom is -0.480 e. The molecule has 1 saturated heterocycles. The Morgan fingerprint density at radius 2 is 1.92 bits per heavy atom. The van der Waals surface area contributed by atoms with Crippen molar-refractivity contribution in [2.75, 3.05) is 33.2 Å². The van der Waals surface area contributed by atoms with Crippen molar-refractivity contribution in [3.8, 4) is 0 Å². The Morgan fingerprint density at radius 3 is 2.58 bits per heavy atom. The lowest BCUT2D eigenvalue weighted by atomic mass is 10.1. The molecule has 1 atom stereocenters. The van der Waals surface area contributed by atoms with Crippen LogP contribution in [0.1, 0.15) is 24.8 Å². The molecule has 1 aromatic carbocycles. The number of hydrogen-bond donors (Lipinski definition) is 2. The summed E-state index contributed by atoms with van der Waals surface area (Å²) in [5, 5.41) is 11.6. The van der Waals surface area contributed by atoms with Crippen molar-refractivity contribution in [3.63, 3.8) is 0 Å². The second kappa shape index (κ2) is 9.59. The van der Waals surface area contributed by atoms with Gasteiger partial charge in [0.1, 0.15) is 11.6 Å². The van der Waals surface area contributed by atoms with Gasteiger partial charge in [-0.05, 0) is 50.6 Å². The zero-order valence-corrected chi connectivity index (χ0v) is 14.9. The third kappa shape index (κ3) is 6.68. The van der Waals surface area contributed by atoms with Crippen molar-refractivity contribution in [2.24, 2.45) is 0 Å². The number of carbonyl (C=O) groups excluding carboxylic acids is 1. The summed E-state index contributed by atoms with van der Waals surface area (Å²) in [5.74, 6) is -2.38. The van der Waals surface area contributed by atoms with Crippen LogP contribution < -0.4 is 5.32 Å². The summed E-state index contributed by atoms with van der Waals surface area (Å²) in [5.41, 5.74) is 0.377. The van der Waals surface area contributed by atoms with Crippen LogP contribution in [-0.4, -0.2) is 66.1 Å². The van der Waals surface area contributed by atoms with E-state index < -0.39 is 17.6 Å². The first kappa shape index (κ1) is 20.3. The first-order valence-electron chi connectivity index (χ1n) is 8.69. The lowest BCUT2D eigenvalue weighted by Crippen LogP contribution is -2.39. The highest BCUT2D eigenvalue weighted by atomic mass is 19.1. The number of nitrogens with zero attached hydrogens (tertiary/aromatic N) is 2. The Bertz CT molecular complexity index is 622. The molecule has 0 aromatic heterocycles. The van der Waals surface area contributed by atoms with Crippen LogP contribution in [0, 0.1) is 11.6 Å². The van der Waals surface area contributed by atoms with E-state index in [1.807, 2.05) is 9.80 Å². The minimum atomic E-state index is -0.846. The quantitative estimate of drug-likeness (QED) is 0.761. The molecule has 8 heteroatoms. The second-order valence-corrected chi connectivity index (χ2v) is 6.72. The molecule has 26 heavy (non-hydrogen) atoms. The number of carbonyl (C=O) groups is 2. The fourth-order valence-electron chi connectivity index (χ4n) is 3.25. The predicted octanol–water partition coefficient (Wildman–Crippen LogP) is 1.45. The SMILES string of the molecule is CN(CC(=O)O)C1CCCN(CC(=O)NCc2cc(F)cc(F)c2)CC1. The maximum Gasteiger partial charge on any atom is 0.317 e. The number of likely N-dealkylation sites (N-methyl/N-ethyl adjacent to an activating group) is 1. The molecule has 2 rings (SSSR count). The molecule has 144 valence electrons. The molecule has 1 aliphatic heterocycles. The molecular weight excluding hydrogens is 344 g/mol. The van der Waals surface area contributed by atoms with Crippen LogP contribution in [0.15, 0.2) is 18.2 Å². The Morgan fingerprint density at radius 1 is 1.23 bits per heavy atom. The lowest BCUT2D eigenvalue weighted by molar-refractivity contribution is -0.138. The van der Waals surface area contributed by atoms with E-state index in [9.17, 15) is 18.4 Å². The van der Waals surface area contributed by atoms with Crippen LogP contribution in [0.2, 0.25) is 0 Å². The van der Waals surface area contributed by atoms with Gasteiger partial charge in [-0.1, -0.05) is 0 Å². The Kier molecular flexibility index (Phi) is 7.47. The summed E-state index contributed by atoms with van der Waals surface area (Å²) < 4.78 is 26.3. The number of aliphatic carboxylic acids is 1. The molecule has 6 nitrogen and oxygen atoms in total. The number of hydrogen-bond acceptors (Lipinski definition) is 4. The standard InChI is InChI=1S/C18H25F2N3O3/c1-22(12-18(25)26)16-3-2-5-23(6-4-16)11-17(24)21-10-13-7-14(19)9-15(20)8-13/h7-9,16H,2-6,10-12H2,1H3,(H,21,24)(H,25,26). The van der Waals surface area contributed by atoms with E-state index in [4.69, 9.17) is 5.11 Å². The van der Waals surface area contributed by atoms with Crippen molar-refractivity contribution in [1.29, 1.82) is 0 Å². The van der Waals surface area contributed by atoms with Crippen molar-refractivity contribution < 1.29 is 23.5 Å². The van der Waals surface area contributed by atoms with E-state index in [1.165, 1.54) is 12.1 Å². The number of carboxylic acid groups (broad SMARTS) is 1. The average molecular weight is 369 g/mol. The van der Waals surface area contributed by atoms with E-state index in [2.05, 4.69) is 5.32 Å². The van der Waals surface area contributed by atoms with Gasteiger partial charge in [0.15, 0.2) is 0 Å². The number of amides is 1. The molecule has 0 spiro atoms. The summed E-state index contributed by atoms with van der Waals surface area (Å²) in [6.45, 7) is 1.77. The fraction of sp³-hybridized carbons (Fsp3) is 0.556. The maximum absolute atomic E-state index is 13.1. The van der Waals surface area contributed by atoms with Gasteiger partial charge in [-0.3, -0.25) is 19.4 Å². The van der Waals surface area contributed by atoms with E-state index in [0.29, 0.717) is 12.1 Å². The molecule has 1 aliphatic rings. The van der Waals surface area contributed by atoms with Gasteiger partial charge in [-0.2, -0.15) is 0 Å². The monoisotopic (exact) mass is 369 g/mol. The lowest BCUT2D eigenvalue weighted by Gasteiger charge is -2.25. The first-order valence-corrected chi connectivity index (χ1v) is 8.69. The maximum atomic E-state index is 13.1. The van der Waals surface area contributed by atoms with Gasteiger partial charge in [-0.25, -0.2) is 8.78 Å². The Hall–Kier alpha value is -2.06. The summed E-state index contributed by atoms with van der Waals surface area (Å²) in [6.07, 6.45) is 2.58. The van der Waals surface area contributed by atoms with Gasteiger partial charge in [0.05, 0.1) is 13.1 Å². The van der Waals surface area contributed by atoms with Crippen molar-refractivity contribution in [2.45, 2.75) is 31.8 Å². The van der Waals surface area contributed by atoms with Crippen LogP contribution >= 0.6 is 0 Å². The molecular formula is C18H25F2N3O3. The van der Waals surface area contributed by atoms with Crippen LogP contribution in [0.25, 0.3) is 0 Å². The van der Waals surface area contributed by atoms with Gasteiger partial charge < -0.3 is 10.4 Å². The van der Waals surface area contributed by atoms with Gasteiger partial charge in [0.25, 0.3) is 0 Å². The van der Waals surface area contributed by atoms with Crippen molar-refractivity contribution >= 4 is 11.9 Å². The first-order chi connectivity index (χ1) is 12.3. The van der Waals surface area contributed by atoms with E-state index >= 15 is 0 Å². The number of halogens is 2. The molecule has 0 radical (unpaired) electrons. The van der Waals surface area contributed by atoms with Crippen LogP contribution in [0.3, 0.4) is 0 Å². The molecule has 2 N–H and O–H groups in total. The Labute approximate surface area is 151 Å². The summed E-state index contributed by atoms with van der Waals surface area (Å²) in [6, 6.07) is 3.37. The van der Waals surface area contributed by atoms with Crippen molar-refractivity contribution in [3.05, 3.63) is 35.4 Å². The molecule has 1 unspecified atom stereocenters. The fourth-order valence-corrected chi connectivity index (χ4v) is 3.25. The van der Waals surface area contributed by atoms with Crippen molar-refractivity contribution in [1.82, 2.24) is 15.1 Å².